The van der Waals surface area contributed by atoms with E-state index in [1.54, 1.807) is 41.7 Å². The van der Waals surface area contributed by atoms with Gasteiger partial charge in [0, 0.05) is 25.1 Å². The number of carbonyl (C=O) groups excluding carboxylic acids is 1. The molecule has 1 aliphatic rings. The molecule has 0 aliphatic carbocycles. The van der Waals surface area contributed by atoms with Crippen LogP contribution in [0.2, 0.25) is 0 Å². The van der Waals surface area contributed by atoms with Crippen molar-refractivity contribution in [2.75, 3.05) is 13.1 Å². The predicted octanol–water partition coefficient (Wildman–Crippen LogP) is 1.56. The molecule has 21 heavy (non-hydrogen) atoms. The van der Waals surface area contributed by atoms with Crippen LogP contribution >= 0.6 is 0 Å². The van der Waals surface area contributed by atoms with Gasteiger partial charge < -0.3 is 9.64 Å². The number of pyridine rings is 1. The SMILES string of the molecule is O=C(c1ccccn1)N1CCC[C@@H](Oc2ncccn2)C1. The van der Waals surface area contributed by atoms with Crippen LogP contribution in [-0.4, -0.2) is 45.0 Å². The van der Waals surface area contributed by atoms with Crippen LogP contribution in [0.15, 0.2) is 42.9 Å². The summed E-state index contributed by atoms with van der Waals surface area (Å²) >= 11 is 0. The molecule has 3 rings (SSSR count). The van der Waals surface area contributed by atoms with E-state index in [1.165, 1.54) is 0 Å². The third-order valence-electron chi connectivity index (χ3n) is 3.36. The Morgan fingerprint density at radius 3 is 2.71 bits per heavy atom. The van der Waals surface area contributed by atoms with Crippen LogP contribution in [0.5, 0.6) is 6.01 Å². The van der Waals surface area contributed by atoms with Crippen LogP contribution in [0.3, 0.4) is 0 Å². The normalized spacial score (nSPS) is 18.3. The van der Waals surface area contributed by atoms with Gasteiger partial charge in [0.05, 0.1) is 6.54 Å². The molecular formula is C15H16N4O2. The first-order chi connectivity index (χ1) is 10.3. The van der Waals surface area contributed by atoms with Crippen LogP contribution < -0.4 is 4.74 Å². The molecule has 0 radical (unpaired) electrons. The average Bonchev–Trinajstić information content (AvgIpc) is 2.56. The lowest BCUT2D eigenvalue weighted by molar-refractivity contribution is 0.0511. The van der Waals surface area contributed by atoms with Crippen LogP contribution in [-0.2, 0) is 0 Å². The molecule has 0 saturated carbocycles. The molecule has 1 saturated heterocycles. The maximum absolute atomic E-state index is 12.4. The fraction of sp³-hybridized carbons (Fsp3) is 0.333. The average molecular weight is 284 g/mol. The molecular weight excluding hydrogens is 268 g/mol. The minimum Gasteiger partial charge on any atom is -0.458 e. The van der Waals surface area contributed by atoms with E-state index in [4.69, 9.17) is 4.74 Å². The first-order valence-corrected chi connectivity index (χ1v) is 6.97. The van der Waals surface area contributed by atoms with Crippen molar-refractivity contribution in [2.24, 2.45) is 0 Å². The van der Waals surface area contributed by atoms with E-state index < -0.39 is 0 Å². The zero-order chi connectivity index (χ0) is 14.5. The molecule has 1 fully saturated rings. The maximum Gasteiger partial charge on any atom is 0.316 e. The molecule has 1 amide bonds. The number of rotatable bonds is 3. The fourth-order valence-corrected chi connectivity index (χ4v) is 2.37. The number of ether oxygens (including phenoxy) is 1. The second-order valence-electron chi connectivity index (χ2n) is 4.88. The first kappa shape index (κ1) is 13.5. The van der Waals surface area contributed by atoms with Crippen molar-refractivity contribution >= 4 is 5.91 Å². The molecule has 6 heteroatoms. The first-order valence-electron chi connectivity index (χ1n) is 6.97. The molecule has 0 N–H and O–H groups in total. The van der Waals surface area contributed by atoms with Gasteiger partial charge in [-0.3, -0.25) is 9.78 Å². The molecule has 1 aliphatic heterocycles. The van der Waals surface area contributed by atoms with Crippen LogP contribution in [0.1, 0.15) is 23.3 Å². The van der Waals surface area contributed by atoms with Gasteiger partial charge in [0.2, 0.25) is 0 Å². The van der Waals surface area contributed by atoms with Crippen molar-refractivity contribution < 1.29 is 9.53 Å². The third kappa shape index (κ3) is 3.34. The van der Waals surface area contributed by atoms with Gasteiger partial charge in [0.1, 0.15) is 11.8 Å². The summed E-state index contributed by atoms with van der Waals surface area (Å²) < 4.78 is 5.74. The van der Waals surface area contributed by atoms with Gasteiger partial charge in [0.25, 0.3) is 5.91 Å². The highest BCUT2D eigenvalue weighted by Gasteiger charge is 2.26. The monoisotopic (exact) mass is 284 g/mol. The third-order valence-corrected chi connectivity index (χ3v) is 3.36. The lowest BCUT2D eigenvalue weighted by Gasteiger charge is -2.32. The van der Waals surface area contributed by atoms with Crippen molar-refractivity contribution in [3.63, 3.8) is 0 Å². The molecule has 0 spiro atoms. The molecule has 1 atom stereocenters. The summed E-state index contributed by atoms with van der Waals surface area (Å²) in [5.74, 6) is -0.0575. The fourth-order valence-electron chi connectivity index (χ4n) is 2.37. The highest BCUT2D eigenvalue weighted by Crippen LogP contribution is 2.16. The minimum absolute atomic E-state index is 0.0575. The molecule has 2 aromatic rings. The van der Waals surface area contributed by atoms with Crippen molar-refractivity contribution in [2.45, 2.75) is 18.9 Å². The number of piperidine rings is 1. The number of carbonyl (C=O) groups is 1. The van der Waals surface area contributed by atoms with E-state index in [0.717, 1.165) is 19.4 Å². The Bertz CT molecular complexity index is 591. The van der Waals surface area contributed by atoms with E-state index >= 15 is 0 Å². The van der Waals surface area contributed by atoms with Crippen molar-refractivity contribution in [1.29, 1.82) is 0 Å². The quantitative estimate of drug-likeness (QED) is 0.855. The zero-order valence-electron chi connectivity index (χ0n) is 11.6. The molecule has 108 valence electrons. The second-order valence-corrected chi connectivity index (χ2v) is 4.88. The van der Waals surface area contributed by atoms with Gasteiger partial charge in [-0.05, 0) is 31.0 Å². The number of likely N-dealkylation sites (tertiary alicyclic amines) is 1. The Kier molecular flexibility index (Phi) is 4.04. The van der Waals surface area contributed by atoms with Crippen molar-refractivity contribution in [3.05, 3.63) is 48.5 Å². The lowest BCUT2D eigenvalue weighted by atomic mass is 10.1. The summed E-state index contributed by atoms with van der Waals surface area (Å²) in [6.07, 6.45) is 6.63. The Hall–Kier alpha value is -2.50. The maximum atomic E-state index is 12.4. The summed E-state index contributed by atoms with van der Waals surface area (Å²) in [6.45, 7) is 1.26. The molecule has 0 aromatic carbocycles. The second kappa shape index (κ2) is 6.30. The largest absolute Gasteiger partial charge is 0.458 e. The summed E-state index contributed by atoms with van der Waals surface area (Å²) in [5, 5.41) is 0. The summed E-state index contributed by atoms with van der Waals surface area (Å²) in [4.78, 5) is 26.4. The zero-order valence-corrected chi connectivity index (χ0v) is 11.6. The molecule has 0 unspecified atom stereocenters. The van der Waals surface area contributed by atoms with Gasteiger partial charge in [-0.1, -0.05) is 6.07 Å². The van der Waals surface area contributed by atoms with E-state index in [9.17, 15) is 4.79 Å². The van der Waals surface area contributed by atoms with Crippen LogP contribution in [0, 0.1) is 0 Å². The Labute approximate surface area is 122 Å². The minimum atomic E-state index is -0.0752. The van der Waals surface area contributed by atoms with E-state index in [0.29, 0.717) is 18.2 Å². The van der Waals surface area contributed by atoms with Gasteiger partial charge >= 0.3 is 6.01 Å². The molecule has 0 bridgehead atoms. The number of aromatic nitrogens is 3. The molecule has 3 heterocycles. The standard InChI is InChI=1S/C15H16N4O2/c20-14(13-6-1-2-7-16-13)19-10-3-5-12(11-19)21-15-17-8-4-9-18-15/h1-2,4,6-9,12H,3,5,10-11H2/t12-/m1/s1. The van der Waals surface area contributed by atoms with E-state index in [2.05, 4.69) is 15.0 Å². The van der Waals surface area contributed by atoms with Crippen LogP contribution in [0.4, 0.5) is 0 Å². The van der Waals surface area contributed by atoms with E-state index in [-0.39, 0.29) is 12.0 Å². The number of nitrogens with zero attached hydrogens (tertiary/aromatic N) is 4. The van der Waals surface area contributed by atoms with E-state index in [1.807, 2.05) is 6.07 Å². The topological polar surface area (TPSA) is 68.2 Å². The van der Waals surface area contributed by atoms with Crippen molar-refractivity contribution in [1.82, 2.24) is 19.9 Å². The Balaban J connectivity index is 1.64. The number of hydrogen-bond donors (Lipinski definition) is 0. The van der Waals surface area contributed by atoms with Crippen LogP contribution in [0.25, 0.3) is 0 Å². The number of hydrogen-bond acceptors (Lipinski definition) is 5. The smallest absolute Gasteiger partial charge is 0.316 e. The Morgan fingerprint density at radius 1 is 1.14 bits per heavy atom. The van der Waals surface area contributed by atoms with Crippen molar-refractivity contribution in [3.8, 4) is 6.01 Å². The van der Waals surface area contributed by atoms with Gasteiger partial charge in [-0.2, -0.15) is 0 Å². The lowest BCUT2D eigenvalue weighted by Crippen LogP contribution is -2.44. The summed E-state index contributed by atoms with van der Waals surface area (Å²) in [6, 6.07) is 7.44. The molecule has 6 nitrogen and oxygen atoms in total. The molecule has 2 aromatic heterocycles. The summed E-state index contributed by atoms with van der Waals surface area (Å²) in [5.41, 5.74) is 0.467. The predicted molar refractivity (Wildman–Crippen MR) is 75.8 cm³/mol. The van der Waals surface area contributed by atoms with Gasteiger partial charge in [-0.25, -0.2) is 9.97 Å². The van der Waals surface area contributed by atoms with Gasteiger partial charge in [-0.15, -0.1) is 0 Å². The number of amides is 1. The highest BCUT2D eigenvalue weighted by atomic mass is 16.5. The summed E-state index contributed by atoms with van der Waals surface area (Å²) in [7, 11) is 0. The Morgan fingerprint density at radius 2 is 1.95 bits per heavy atom. The van der Waals surface area contributed by atoms with Gasteiger partial charge in [0.15, 0.2) is 0 Å². The highest BCUT2D eigenvalue weighted by molar-refractivity contribution is 5.92.